The molecule has 5 nitrogen and oxygen atoms in total. The maximum atomic E-state index is 15.0. The van der Waals surface area contributed by atoms with Crippen LogP contribution in [-0.2, 0) is 6.42 Å². The number of phenolic OH excluding ortho intramolecular Hbond substituents is 1. The maximum absolute atomic E-state index is 15.0. The number of carbonyl (C=O) groups is 1. The minimum absolute atomic E-state index is 0.0711. The Bertz CT molecular complexity index is 1300. The summed E-state index contributed by atoms with van der Waals surface area (Å²) in [6.07, 6.45) is 0.639. The molecule has 0 saturated carbocycles. The van der Waals surface area contributed by atoms with Crippen molar-refractivity contribution < 1.29 is 14.3 Å². The van der Waals surface area contributed by atoms with Gasteiger partial charge in [0.15, 0.2) is 0 Å². The maximum Gasteiger partial charge on any atom is 0.273 e. The van der Waals surface area contributed by atoms with Crippen LogP contribution in [0.25, 0.3) is 11.3 Å². The molecule has 2 N–H and O–H groups in total. The number of carbonyl (C=O) groups excluding carboxylic acids is 1. The third-order valence-corrected chi connectivity index (χ3v) is 5.96. The average molecular weight is 427 g/mol. The van der Waals surface area contributed by atoms with Gasteiger partial charge in [0.2, 0.25) is 0 Å². The molecule has 0 radical (unpaired) electrons. The van der Waals surface area contributed by atoms with Gasteiger partial charge in [0.25, 0.3) is 5.91 Å². The molecule has 0 aliphatic carbocycles. The molecule has 1 unspecified atom stereocenters. The number of benzene rings is 3. The summed E-state index contributed by atoms with van der Waals surface area (Å²) in [5, 5.41) is 17.8. The number of amides is 1. The number of hydrogen-bond acceptors (Lipinski definition) is 3. The quantitative estimate of drug-likeness (QED) is 0.470. The molecule has 6 heteroatoms. The first-order valence-electron chi connectivity index (χ1n) is 10.5. The van der Waals surface area contributed by atoms with Crippen LogP contribution < -0.4 is 0 Å². The van der Waals surface area contributed by atoms with Crippen molar-refractivity contribution in [2.24, 2.45) is 0 Å². The van der Waals surface area contributed by atoms with Gasteiger partial charge in [-0.1, -0.05) is 54.6 Å². The molecule has 1 aliphatic heterocycles. The number of aromatic amines is 1. The van der Waals surface area contributed by atoms with Crippen LogP contribution in [-0.4, -0.2) is 32.7 Å². The zero-order chi connectivity index (χ0) is 22.2. The Morgan fingerprint density at radius 3 is 2.56 bits per heavy atom. The number of fused-ring (bicyclic) bond motifs is 1. The number of hydrogen-bond donors (Lipinski definition) is 2. The molecule has 4 aromatic rings. The summed E-state index contributed by atoms with van der Waals surface area (Å²) in [6, 6.07) is 21.0. The lowest BCUT2D eigenvalue weighted by molar-refractivity contribution is 0.0744. The first-order chi connectivity index (χ1) is 15.5. The van der Waals surface area contributed by atoms with Crippen molar-refractivity contribution in [3.05, 3.63) is 107 Å². The second-order valence-electron chi connectivity index (χ2n) is 8.04. The number of rotatable bonds is 5. The van der Waals surface area contributed by atoms with Gasteiger partial charge in [-0.2, -0.15) is 5.10 Å². The van der Waals surface area contributed by atoms with E-state index in [4.69, 9.17) is 0 Å². The SMILES string of the molecule is Cc1ccc(-c2n[nH]c3c2C(c2ccccc2F)N(CCc2ccccc2)C3=O)c(O)c1. The van der Waals surface area contributed by atoms with Crippen molar-refractivity contribution in [1.29, 1.82) is 0 Å². The van der Waals surface area contributed by atoms with Gasteiger partial charge in [-0.05, 0) is 42.7 Å². The van der Waals surface area contributed by atoms with E-state index in [0.717, 1.165) is 11.1 Å². The second-order valence-corrected chi connectivity index (χ2v) is 8.04. The summed E-state index contributed by atoms with van der Waals surface area (Å²) in [7, 11) is 0. The molecule has 32 heavy (non-hydrogen) atoms. The Kier molecular flexibility index (Phi) is 4.98. The van der Waals surface area contributed by atoms with Crippen LogP contribution in [0.2, 0.25) is 0 Å². The Morgan fingerprint density at radius 1 is 1.06 bits per heavy atom. The normalized spacial score (nSPS) is 15.2. The zero-order valence-electron chi connectivity index (χ0n) is 17.5. The van der Waals surface area contributed by atoms with E-state index < -0.39 is 6.04 Å². The number of nitrogens with one attached hydrogen (secondary N) is 1. The highest BCUT2D eigenvalue weighted by Gasteiger charge is 2.43. The lowest BCUT2D eigenvalue weighted by Gasteiger charge is -2.27. The summed E-state index contributed by atoms with van der Waals surface area (Å²) < 4.78 is 15.0. The zero-order valence-corrected chi connectivity index (χ0v) is 17.5. The highest BCUT2D eigenvalue weighted by Crippen LogP contribution is 2.45. The van der Waals surface area contributed by atoms with Gasteiger partial charge in [0.05, 0.1) is 6.04 Å². The van der Waals surface area contributed by atoms with Crippen LogP contribution >= 0.6 is 0 Å². The summed E-state index contributed by atoms with van der Waals surface area (Å²) in [6.45, 7) is 2.30. The number of aromatic nitrogens is 2. The molecule has 0 spiro atoms. The van der Waals surface area contributed by atoms with Crippen molar-refractivity contribution in [2.75, 3.05) is 6.54 Å². The minimum atomic E-state index is -0.642. The lowest BCUT2D eigenvalue weighted by atomic mass is 9.95. The van der Waals surface area contributed by atoms with E-state index in [1.165, 1.54) is 6.07 Å². The summed E-state index contributed by atoms with van der Waals surface area (Å²) in [5.74, 6) is -0.542. The van der Waals surface area contributed by atoms with Crippen LogP contribution in [0.4, 0.5) is 4.39 Å². The van der Waals surface area contributed by atoms with Gasteiger partial charge in [-0.3, -0.25) is 9.89 Å². The van der Waals surface area contributed by atoms with Gasteiger partial charge in [-0.15, -0.1) is 0 Å². The van der Waals surface area contributed by atoms with Crippen molar-refractivity contribution in [1.82, 2.24) is 15.1 Å². The molecule has 0 fully saturated rings. The van der Waals surface area contributed by atoms with Crippen molar-refractivity contribution in [2.45, 2.75) is 19.4 Å². The van der Waals surface area contributed by atoms with Gasteiger partial charge in [0.1, 0.15) is 23.0 Å². The first-order valence-corrected chi connectivity index (χ1v) is 10.5. The van der Waals surface area contributed by atoms with E-state index >= 15 is 0 Å². The number of aromatic hydroxyl groups is 1. The van der Waals surface area contributed by atoms with E-state index in [1.807, 2.05) is 43.3 Å². The third kappa shape index (κ3) is 3.34. The van der Waals surface area contributed by atoms with Gasteiger partial charge >= 0.3 is 0 Å². The summed E-state index contributed by atoms with van der Waals surface area (Å²) in [4.78, 5) is 15.0. The standard InChI is InChI=1S/C26H22FN3O2/c1-16-11-12-19(21(31)15-16)23-22-24(29-28-23)26(32)30(14-13-17-7-3-2-4-8-17)25(22)18-9-5-6-10-20(18)27/h2-12,15,25,31H,13-14H2,1H3,(H,28,29). The molecule has 1 atom stereocenters. The van der Waals surface area contributed by atoms with Crippen molar-refractivity contribution >= 4 is 5.91 Å². The largest absolute Gasteiger partial charge is 0.507 e. The number of aryl methyl sites for hydroxylation is 1. The molecular weight excluding hydrogens is 405 g/mol. The molecule has 5 rings (SSSR count). The molecule has 160 valence electrons. The molecule has 1 aliphatic rings. The summed E-state index contributed by atoms with van der Waals surface area (Å²) in [5.41, 5.74) is 4.30. The van der Waals surface area contributed by atoms with Crippen LogP contribution in [0.5, 0.6) is 5.75 Å². The average Bonchev–Trinajstić information content (AvgIpc) is 3.33. The van der Waals surface area contributed by atoms with Gasteiger partial charge in [-0.25, -0.2) is 4.39 Å². The predicted molar refractivity (Wildman–Crippen MR) is 120 cm³/mol. The van der Waals surface area contributed by atoms with Crippen LogP contribution in [0.15, 0.2) is 72.8 Å². The molecule has 2 heterocycles. The smallest absolute Gasteiger partial charge is 0.273 e. The number of H-pyrrole nitrogens is 1. The monoisotopic (exact) mass is 427 g/mol. The Hall–Kier alpha value is -3.93. The highest BCUT2D eigenvalue weighted by atomic mass is 19.1. The Labute approximate surface area is 185 Å². The van der Waals surface area contributed by atoms with E-state index in [-0.39, 0.29) is 17.5 Å². The molecule has 1 aromatic heterocycles. The van der Waals surface area contributed by atoms with E-state index in [2.05, 4.69) is 10.2 Å². The molecule has 1 amide bonds. The first kappa shape index (κ1) is 20.0. The number of halogens is 1. The van der Waals surface area contributed by atoms with Crippen molar-refractivity contribution in [3.63, 3.8) is 0 Å². The van der Waals surface area contributed by atoms with Crippen LogP contribution in [0.1, 0.15) is 38.8 Å². The minimum Gasteiger partial charge on any atom is -0.507 e. The van der Waals surface area contributed by atoms with Gasteiger partial charge in [0, 0.05) is 23.2 Å². The van der Waals surface area contributed by atoms with E-state index in [1.54, 1.807) is 35.2 Å². The fraction of sp³-hybridized carbons (Fsp3) is 0.154. The van der Waals surface area contributed by atoms with Gasteiger partial charge < -0.3 is 10.0 Å². The fourth-order valence-electron chi connectivity index (χ4n) is 4.39. The predicted octanol–water partition coefficient (Wildman–Crippen LogP) is 5.02. The Morgan fingerprint density at radius 2 is 1.81 bits per heavy atom. The number of nitrogens with zero attached hydrogens (tertiary/aromatic N) is 2. The molecular formula is C26H22FN3O2. The lowest BCUT2D eigenvalue weighted by Crippen LogP contribution is -2.32. The van der Waals surface area contributed by atoms with E-state index in [0.29, 0.717) is 41.0 Å². The molecule has 3 aromatic carbocycles. The number of phenols is 1. The highest BCUT2D eigenvalue weighted by molar-refractivity contribution is 6.00. The topological polar surface area (TPSA) is 69.2 Å². The second kappa shape index (κ2) is 7.96. The molecule has 0 bridgehead atoms. The molecule has 0 saturated heterocycles. The van der Waals surface area contributed by atoms with Crippen molar-refractivity contribution in [3.8, 4) is 17.0 Å². The van der Waals surface area contributed by atoms with Crippen LogP contribution in [0, 0.1) is 12.7 Å². The third-order valence-electron chi connectivity index (χ3n) is 5.96. The van der Waals surface area contributed by atoms with E-state index in [9.17, 15) is 14.3 Å². The fourth-order valence-corrected chi connectivity index (χ4v) is 4.39. The van der Waals surface area contributed by atoms with Crippen LogP contribution in [0.3, 0.4) is 0 Å². The summed E-state index contributed by atoms with van der Waals surface area (Å²) >= 11 is 0. The Balaban J connectivity index is 1.62.